The number of hydrogen-bond acceptors (Lipinski definition) is 4. The van der Waals surface area contributed by atoms with Gasteiger partial charge in [0.15, 0.2) is 0 Å². The largest absolute Gasteiger partial charge is 0.340 e. The molecule has 0 spiro atoms. The van der Waals surface area contributed by atoms with Crippen LogP contribution >= 0.6 is 10.2 Å². The van der Waals surface area contributed by atoms with E-state index in [9.17, 15) is 28.2 Å². The molecular formula is C16H18F7N5S. The Morgan fingerprint density at radius 3 is 2.38 bits per heavy atom. The Hall–Kier alpha value is -2.31. The van der Waals surface area contributed by atoms with Gasteiger partial charge in [0.1, 0.15) is 10.6 Å². The van der Waals surface area contributed by atoms with Crippen LogP contribution in [0.4, 0.5) is 34.0 Å². The number of alkyl halides is 2. The SMILES string of the molecule is CCC(F)(F)c1nc2nc(C)cc(NC3=CCC(C)(S(F)(F)(F)(F)F)C=C3)n2n1. The number of allylic oxidation sites excluding steroid dienone is 2. The number of aromatic nitrogens is 4. The highest BCUT2D eigenvalue weighted by atomic mass is 32.5. The lowest BCUT2D eigenvalue weighted by molar-refractivity contribution is -0.0173. The minimum absolute atomic E-state index is 0.0792. The molecule has 0 aliphatic heterocycles. The number of anilines is 1. The van der Waals surface area contributed by atoms with Crippen molar-refractivity contribution in [3.63, 3.8) is 0 Å². The van der Waals surface area contributed by atoms with Crippen LogP contribution in [0, 0.1) is 6.92 Å². The maximum Gasteiger partial charge on any atom is 0.308 e. The lowest BCUT2D eigenvalue weighted by Crippen LogP contribution is -2.37. The monoisotopic (exact) mass is 445 g/mol. The first kappa shape index (κ1) is 21.4. The van der Waals surface area contributed by atoms with Crippen LogP contribution in [-0.4, -0.2) is 24.3 Å². The third-order valence-corrected chi connectivity index (χ3v) is 6.77. The molecule has 1 N–H and O–H groups in total. The number of aryl methyl sites for hydroxylation is 1. The standard InChI is InChI=1S/C16H18F7N5S/c1-4-16(17,18)13-26-14-24-10(2)9-12(28(14)27-13)25-11-5-7-15(3,8-6-11)29(19,20,21,22)23/h5-7,9,25H,4,8H2,1-3H3. The molecule has 2 aromatic rings. The molecule has 1 unspecified atom stereocenters. The van der Waals surface area contributed by atoms with Crippen LogP contribution in [0.15, 0.2) is 30.0 Å². The number of halogens is 7. The fourth-order valence-corrected chi connectivity index (χ4v) is 3.35. The van der Waals surface area contributed by atoms with Crippen molar-refractivity contribution in [1.29, 1.82) is 0 Å². The molecule has 0 bridgehead atoms. The highest BCUT2D eigenvalue weighted by molar-refractivity contribution is 8.46. The molecule has 0 radical (unpaired) electrons. The lowest BCUT2D eigenvalue weighted by Gasteiger charge is -2.53. The van der Waals surface area contributed by atoms with Crippen molar-refractivity contribution >= 4 is 21.8 Å². The second kappa shape index (κ2) is 5.64. The van der Waals surface area contributed by atoms with E-state index in [2.05, 4.69) is 20.4 Å². The molecule has 0 aromatic carbocycles. The van der Waals surface area contributed by atoms with Crippen LogP contribution in [0.5, 0.6) is 0 Å². The smallest absolute Gasteiger partial charge is 0.308 e. The quantitative estimate of drug-likeness (QED) is 0.553. The van der Waals surface area contributed by atoms with Gasteiger partial charge in [-0.3, -0.25) is 0 Å². The van der Waals surface area contributed by atoms with E-state index in [0.717, 1.165) is 16.7 Å². The molecule has 0 saturated heterocycles. The fourth-order valence-electron chi connectivity index (χ4n) is 2.63. The van der Waals surface area contributed by atoms with Gasteiger partial charge in [0.2, 0.25) is 5.82 Å². The zero-order valence-electron chi connectivity index (χ0n) is 15.6. The summed E-state index contributed by atoms with van der Waals surface area (Å²) in [5, 5.41) is 6.45. The molecule has 162 valence electrons. The first-order valence-corrected chi connectivity index (χ1v) is 10.4. The average Bonchev–Trinajstić information content (AvgIpc) is 2.99. The summed E-state index contributed by atoms with van der Waals surface area (Å²) in [7, 11) is -9.78. The number of hydrogen-bond donors (Lipinski definition) is 1. The second-order valence-corrected chi connectivity index (χ2v) is 9.96. The Balaban J connectivity index is 1.95. The Kier molecular flexibility index (Phi) is 4.16. The third kappa shape index (κ3) is 3.79. The van der Waals surface area contributed by atoms with Crippen molar-refractivity contribution in [2.45, 2.75) is 44.3 Å². The average molecular weight is 445 g/mol. The van der Waals surface area contributed by atoms with Crippen molar-refractivity contribution < 1.29 is 28.2 Å². The molecule has 2 aromatic heterocycles. The Bertz CT molecular complexity index is 1040. The summed E-state index contributed by atoms with van der Waals surface area (Å²) in [6.45, 7) is 3.26. The van der Waals surface area contributed by atoms with Crippen LogP contribution in [-0.2, 0) is 5.92 Å². The van der Waals surface area contributed by atoms with Gasteiger partial charge in [-0.25, -0.2) is 4.98 Å². The zero-order chi connectivity index (χ0) is 21.9. The topological polar surface area (TPSA) is 55.1 Å². The predicted octanol–water partition coefficient (Wildman–Crippen LogP) is 6.25. The van der Waals surface area contributed by atoms with Crippen molar-refractivity contribution in [3.8, 4) is 0 Å². The van der Waals surface area contributed by atoms with E-state index < -0.39 is 39.6 Å². The van der Waals surface area contributed by atoms with E-state index in [0.29, 0.717) is 18.7 Å². The van der Waals surface area contributed by atoms with Crippen LogP contribution in [0.2, 0.25) is 0 Å². The van der Waals surface area contributed by atoms with E-state index in [-0.39, 0.29) is 17.3 Å². The molecule has 1 aliphatic carbocycles. The van der Waals surface area contributed by atoms with Crippen LogP contribution in [0.25, 0.3) is 5.78 Å². The molecule has 0 fully saturated rings. The summed E-state index contributed by atoms with van der Waals surface area (Å²) in [4.78, 5) is 7.72. The number of fused-ring (bicyclic) bond motifs is 1. The number of nitrogens with zero attached hydrogens (tertiary/aromatic N) is 4. The molecule has 2 heterocycles. The zero-order valence-corrected chi connectivity index (χ0v) is 16.4. The van der Waals surface area contributed by atoms with Gasteiger partial charge in [-0.2, -0.15) is 18.3 Å². The summed E-state index contributed by atoms with van der Waals surface area (Å²) >= 11 is 0. The Labute approximate surface area is 161 Å². The molecule has 0 saturated carbocycles. The second-order valence-electron chi connectivity index (χ2n) is 7.09. The van der Waals surface area contributed by atoms with Gasteiger partial charge in [0.25, 0.3) is 16.0 Å². The molecule has 0 amide bonds. The summed E-state index contributed by atoms with van der Waals surface area (Å²) in [5.74, 6) is -4.06. The third-order valence-electron chi connectivity index (χ3n) is 4.71. The molecular weight excluding hydrogens is 427 g/mol. The fraction of sp³-hybridized carbons (Fsp3) is 0.438. The highest BCUT2D eigenvalue weighted by Crippen LogP contribution is 3.04. The molecule has 1 aliphatic rings. The minimum atomic E-state index is -9.78. The van der Waals surface area contributed by atoms with Gasteiger partial charge in [0.05, 0.1) is 0 Å². The lowest BCUT2D eigenvalue weighted by atomic mass is 10.0. The molecule has 5 nitrogen and oxygen atoms in total. The normalized spacial score (nSPS) is 22.9. The van der Waals surface area contributed by atoms with Gasteiger partial charge < -0.3 is 5.32 Å². The van der Waals surface area contributed by atoms with E-state index >= 15 is 0 Å². The molecule has 29 heavy (non-hydrogen) atoms. The molecule has 3 rings (SSSR count). The summed E-state index contributed by atoms with van der Waals surface area (Å²) in [6.07, 6.45) is 0.736. The first-order valence-electron chi connectivity index (χ1n) is 8.47. The van der Waals surface area contributed by atoms with E-state index in [1.807, 2.05) is 0 Å². The van der Waals surface area contributed by atoms with Gasteiger partial charge in [-0.1, -0.05) is 38.5 Å². The van der Waals surface area contributed by atoms with Crippen molar-refractivity contribution in [1.82, 2.24) is 19.6 Å². The summed E-state index contributed by atoms with van der Waals surface area (Å²) in [6, 6.07) is 1.42. The molecule has 13 heteroatoms. The van der Waals surface area contributed by atoms with Crippen LogP contribution in [0.3, 0.4) is 0 Å². The van der Waals surface area contributed by atoms with Gasteiger partial charge in [-0.05, 0) is 26.3 Å². The first-order chi connectivity index (χ1) is 12.9. The Morgan fingerprint density at radius 2 is 1.86 bits per heavy atom. The van der Waals surface area contributed by atoms with Crippen LogP contribution < -0.4 is 5.32 Å². The minimum Gasteiger partial charge on any atom is -0.340 e. The maximum absolute atomic E-state index is 13.9. The summed E-state index contributed by atoms with van der Waals surface area (Å²) < 4.78 is 91.7. The number of rotatable bonds is 5. The van der Waals surface area contributed by atoms with Gasteiger partial charge in [0, 0.05) is 23.9 Å². The van der Waals surface area contributed by atoms with Crippen LogP contribution in [0.1, 0.15) is 38.2 Å². The van der Waals surface area contributed by atoms with Crippen molar-refractivity contribution in [2.24, 2.45) is 0 Å². The van der Waals surface area contributed by atoms with Crippen molar-refractivity contribution in [2.75, 3.05) is 5.32 Å². The van der Waals surface area contributed by atoms with E-state index in [4.69, 9.17) is 0 Å². The Morgan fingerprint density at radius 1 is 1.21 bits per heavy atom. The van der Waals surface area contributed by atoms with Gasteiger partial charge in [-0.15, -0.1) is 5.10 Å². The van der Waals surface area contributed by atoms with Gasteiger partial charge >= 0.3 is 5.92 Å². The highest BCUT2D eigenvalue weighted by Gasteiger charge is 2.75. The van der Waals surface area contributed by atoms with E-state index in [1.165, 1.54) is 13.0 Å². The predicted molar refractivity (Wildman–Crippen MR) is 96.7 cm³/mol. The number of nitrogens with one attached hydrogen (secondary N) is 1. The van der Waals surface area contributed by atoms with Crippen molar-refractivity contribution in [3.05, 3.63) is 41.5 Å². The molecule has 1 atom stereocenters. The maximum atomic E-state index is 13.9. The van der Waals surface area contributed by atoms with E-state index in [1.54, 1.807) is 6.92 Å². The summed E-state index contributed by atoms with van der Waals surface area (Å²) in [5.41, 5.74) is 0.464.